The summed E-state index contributed by atoms with van der Waals surface area (Å²) in [6.07, 6.45) is 0. The minimum Gasteiger partial charge on any atom is -0.466 e. The highest BCUT2D eigenvalue weighted by Gasteiger charge is 2.29. The predicted octanol–water partition coefficient (Wildman–Crippen LogP) is 4.98. The molecule has 1 aromatic heterocycles. The molecule has 1 heterocycles. The molecular weight excluding hydrogens is 340 g/mol. The number of ether oxygens (including phenoxy) is 1. The SMILES string of the molecule is CCOC(=O)[C@@H](C)c1c(C(=O)c2ccccc2)oc2ccc(Cl)cc12. The van der Waals surface area contributed by atoms with Gasteiger partial charge in [-0.25, -0.2) is 0 Å². The van der Waals surface area contributed by atoms with E-state index in [0.29, 0.717) is 27.1 Å². The number of fused-ring (bicyclic) bond motifs is 1. The van der Waals surface area contributed by atoms with Crippen molar-refractivity contribution in [3.05, 3.63) is 70.4 Å². The third-order valence-corrected chi connectivity index (χ3v) is 4.24. The van der Waals surface area contributed by atoms with Crippen LogP contribution in [0.5, 0.6) is 0 Å². The van der Waals surface area contributed by atoms with Gasteiger partial charge in [-0.05, 0) is 32.0 Å². The van der Waals surface area contributed by atoms with Crippen molar-refractivity contribution < 1.29 is 18.7 Å². The van der Waals surface area contributed by atoms with Crippen molar-refractivity contribution >= 4 is 34.3 Å². The van der Waals surface area contributed by atoms with Crippen LogP contribution in [0.25, 0.3) is 11.0 Å². The van der Waals surface area contributed by atoms with Crippen LogP contribution in [-0.2, 0) is 9.53 Å². The van der Waals surface area contributed by atoms with Gasteiger partial charge in [0.1, 0.15) is 5.58 Å². The second kappa shape index (κ2) is 7.11. The Morgan fingerprint density at radius 2 is 1.88 bits per heavy atom. The third-order valence-electron chi connectivity index (χ3n) is 4.00. The Labute approximate surface area is 150 Å². The topological polar surface area (TPSA) is 56.5 Å². The van der Waals surface area contributed by atoms with Gasteiger partial charge in [0, 0.05) is 21.5 Å². The zero-order valence-electron chi connectivity index (χ0n) is 13.9. The van der Waals surface area contributed by atoms with E-state index in [1.807, 2.05) is 6.07 Å². The van der Waals surface area contributed by atoms with Crippen molar-refractivity contribution in [1.29, 1.82) is 0 Å². The fourth-order valence-corrected chi connectivity index (χ4v) is 2.97. The van der Waals surface area contributed by atoms with E-state index in [0.717, 1.165) is 0 Å². The van der Waals surface area contributed by atoms with Crippen LogP contribution in [0.15, 0.2) is 52.9 Å². The first-order chi connectivity index (χ1) is 12.0. The van der Waals surface area contributed by atoms with Gasteiger partial charge >= 0.3 is 5.97 Å². The predicted molar refractivity (Wildman–Crippen MR) is 96.1 cm³/mol. The van der Waals surface area contributed by atoms with E-state index in [-0.39, 0.29) is 18.2 Å². The Balaban J connectivity index is 2.19. The second-order valence-corrected chi connectivity index (χ2v) is 6.09. The molecule has 0 saturated carbocycles. The molecule has 2 aromatic carbocycles. The van der Waals surface area contributed by atoms with E-state index < -0.39 is 11.9 Å². The summed E-state index contributed by atoms with van der Waals surface area (Å²) >= 11 is 6.10. The normalized spacial score (nSPS) is 12.1. The lowest BCUT2D eigenvalue weighted by Gasteiger charge is -2.11. The lowest BCUT2D eigenvalue weighted by atomic mass is 9.94. The van der Waals surface area contributed by atoms with Gasteiger partial charge in [-0.1, -0.05) is 41.9 Å². The summed E-state index contributed by atoms with van der Waals surface area (Å²) in [4.78, 5) is 25.2. The van der Waals surface area contributed by atoms with Gasteiger partial charge in [0.05, 0.1) is 12.5 Å². The van der Waals surface area contributed by atoms with Gasteiger partial charge in [0.2, 0.25) is 5.78 Å². The maximum atomic E-state index is 12.9. The van der Waals surface area contributed by atoms with Crippen LogP contribution in [0.4, 0.5) is 0 Å². The smallest absolute Gasteiger partial charge is 0.313 e. The molecule has 25 heavy (non-hydrogen) atoms. The molecule has 0 spiro atoms. The summed E-state index contributed by atoms with van der Waals surface area (Å²) in [5, 5.41) is 1.15. The zero-order valence-corrected chi connectivity index (χ0v) is 14.7. The molecule has 128 valence electrons. The number of ketones is 1. The average Bonchev–Trinajstić information content (AvgIpc) is 2.99. The number of rotatable bonds is 5. The van der Waals surface area contributed by atoms with E-state index in [9.17, 15) is 9.59 Å². The van der Waals surface area contributed by atoms with Crippen molar-refractivity contribution in [2.45, 2.75) is 19.8 Å². The highest BCUT2D eigenvalue weighted by molar-refractivity contribution is 6.31. The molecule has 0 radical (unpaired) electrons. The van der Waals surface area contributed by atoms with Gasteiger partial charge in [0.25, 0.3) is 0 Å². The summed E-state index contributed by atoms with van der Waals surface area (Å²) in [6.45, 7) is 3.71. The molecule has 0 N–H and O–H groups in total. The molecule has 0 fully saturated rings. The van der Waals surface area contributed by atoms with Crippen LogP contribution in [0, 0.1) is 0 Å². The number of furan rings is 1. The molecule has 0 aliphatic carbocycles. The summed E-state index contributed by atoms with van der Waals surface area (Å²) in [5.41, 5.74) is 1.50. The molecular formula is C20H17ClO4. The van der Waals surface area contributed by atoms with E-state index in [2.05, 4.69) is 0 Å². The molecule has 0 amide bonds. The molecule has 4 nitrogen and oxygen atoms in total. The van der Waals surface area contributed by atoms with E-state index >= 15 is 0 Å². The van der Waals surface area contributed by atoms with Crippen molar-refractivity contribution in [3.63, 3.8) is 0 Å². The van der Waals surface area contributed by atoms with E-state index in [4.69, 9.17) is 20.8 Å². The van der Waals surface area contributed by atoms with Gasteiger partial charge in [-0.15, -0.1) is 0 Å². The average molecular weight is 357 g/mol. The summed E-state index contributed by atoms with van der Waals surface area (Å²) in [6, 6.07) is 13.9. The number of halogens is 1. The van der Waals surface area contributed by atoms with Gasteiger partial charge in [0.15, 0.2) is 5.76 Å². The second-order valence-electron chi connectivity index (χ2n) is 5.65. The fraction of sp³-hybridized carbons (Fsp3) is 0.200. The Bertz CT molecular complexity index is 928. The molecule has 0 saturated heterocycles. The Morgan fingerprint density at radius 1 is 1.16 bits per heavy atom. The van der Waals surface area contributed by atoms with Crippen LogP contribution in [0.2, 0.25) is 5.02 Å². The van der Waals surface area contributed by atoms with Gasteiger partial charge in [-0.3, -0.25) is 9.59 Å². The number of carbonyl (C=O) groups excluding carboxylic acids is 2. The van der Waals surface area contributed by atoms with Gasteiger partial charge in [-0.2, -0.15) is 0 Å². The van der Waals surface area contributed by atoms with Crippen molar-refractivity contribution in [2.75, 3.05) is 6.61 Å². The number of hydrogen-bond acceptors (Lipinski definition) is 4. The quantitative estimate of drug-likeness (QED) is 0.477. The molecule has 5 heteroatoms. The highest BCUT2D eigenvalue weighted by atomic mass is 35.5. The minimum absolute atomic E-state index is 0.143. The molecule has 0 unspecified atom stereocenters. The monoisotopic (exact) mass is 356 g/mol. The Morgan fingerprint density at radius 3 is 2.56 bits per heavy atom. The maximum Gasteiger partial charge on any atom is 0.313 e. The third kappa shape index (κ3) is 3.30. The van der Waals surface area contributed by atoms with Crippen LogP contribution in [0.3, 0.4) is 0 Å². The lowest BCUT2D eigenvalue weighted by Crippen LogP contribution is -2.15. The first kappa shape index (κ1) is 17.2. The first-order valence-electron chi connectivity index (χ1n) is 8.01. The number of carbonyl (C=O) groups is 2. The Kier molecular flexibility index (Phi) is 4.91. The standard InChI is InChI=1S/C20H17ClO4/c1-3-24-20(23)12(2)17-15-11-14(21)9-10-16(15)25-19(17)18(22)13-7-5-4-6-8-13/h4-12H,3H2,1-2H3/t12-/m0/s1. The van der Waals surface area contributed by atoms with Crippen LogP contribution >= 0.6 is 11.6 Å². The lowest BCUT2D eigenvalue weighted by molar-refractivity contribution is -0.144. The number of benzene rings is 2. The molecule has 0 aliphatic heterocycles. The molecule has 0 bridgehead atoms. The molecule has 3 rings (SSSR count). The molecule has 3 aromatic rings. The molecule has 1 atom stereocenters. The number of esters is 1. The number of hydrogen-bond donors (Lipinski definition) is 0. The summed E-state index contributed by atoms with van der Waals surface area (Å²) in [7, 11) is 0. The van der Waals surface area contributed by atoms with E-state index in [1.54, 1.807) is 56.3 Å². The Hall–Kier alpha value is -2.59. The fourth-order valence-electron chi connectivity index (χ4n) is 2.79. The zero-order chi connectivity index (χ0) is 18.0. The van der Waals surface area contributed by atoms with Gasteiger partial charge < -0.3 is 9.15 Å². The van der Waals surface area contributed by atoms with E-state index in [1.165, 1.54) is 0 Å². The van der Waals surface area contributed by atoms with Crippen LogP contribution in [-0.4, -0.2) is 18.4 Å². The van der Waals surface area contributed by atoms with Crippen LogP contribution < -0.4 is 0 Å². The summed E-state index contributed by atoms with van der Waals surface area (Å²) in [5.74, 6) is -1.20. The highest BCUT2D eigenvalue weighted by Crippen LogP contribution is 2.35. The maximum absolute atomic E-state index is 12.9. The largest absolute Gasteiger partial charge is 0.466 e. The molecule has 0 aliphatic rings. The first-order valence-corrected chi connectivity index (χ1v) is 8.39. The van der Waals surface area contributed by atoms with Crippen molar-refractivity contribution in [2.24, 2.45) is 0 Å². The summed E-state index contributed by atoms with van der Waals surface area (Å²) < 4.78 is 10.9. The van der Waals surface area contributed by atoms with Crippen molar-refractivity contribution in [1.82, 2.24) is 0 Å². The minimum atomic E-state index is -0.651. The van der Waals surface area contributed by atoms with Crippen LogP contribution in [0.1, 0.15) is 41.4 Å². The van der Waals surface area contributed by atoms with Crippen molar-refractivity contribution in [3.8, 4) is 0 Å².